The Bertz CT molecular complexity index is 552. The van der Waals surface area contributed by atoms with Crippen LogP contribution >= 0.6 is 11.8 Å². The van der Waals surface area contributed by atoms with Crippen LogP contribution in [0.1, 0.15) is 5.56 Å². The second-order valence-electron chi connectivity index (χ2n) is 4.54. The zero-order valence-corrected chi connectivity index (χ0v) is 12.4. The molecule has 0 radical (unpaired) electrons. The van der Waals surface area contributed by atoms with Crippen LogP contribution < -0.4 is 10.6 Å². The third-order valence-corrected chi connectivity index (χ3v) is 4.05. The molecule has 20 heavy (non-hydrogen) atoms. The first-order valence-electron chi connectivity index (χ1n) is 6.50. The fourth-order valence-corrected chi connectivity index (χ4v) is 2.79. The van der Waals surface area contributed by atoms with Crippen LogP contribution in [0, 0.1) is 5.41 Å². The predicted octanol–water partition coefficient (Wildman–Crippen LogP) is 3.20. The summed E-state index contributed by atoms with van der Waals surface area (Å²) in [6.07, 6.45) is 0. The maximum absolute atomic E-state index is 7.38. The number of nitrogens with zero attached hydrogens (tertiary/aromatic N) is 1. The summed E-state index contributed by atoms with van der Waals surface area (Å²) in [4.78, 5) is 3.51. The molecule has 0 bridgehead atoms. The molecule has 0 atom stereocenters. The lowest BCUT2D eigenvalue weighted by molar-refractivity contribution is 0.977. The molecule has 0 aliphatic rings. The molecule has 0 aliphatic heterocycles. The molecule has 0 spiro atoms. The van der Waals surface area contributed by atoms with Crippen LogP contribution in [0.15, 0.2) is 59.5 Å². The van der Waals surface area contributed by atoms with Crippen molar-refractivity contribution in [3.05, 3.63) is 60.2 Å². The largest absolute Gasteiger partial charge is 0.384 e. The smallest absolute Gasteiger partial charge is 0.122 e. The number of hydrogen-bond donors (Lipinski definition) is 2. The average molecular weight is 285 g/mol. The quantitative estimate of drug-likeness (QED) is 0.487. The summed E-state index contributed by atoms with van der Waals surface area (Å²) in [5.41, 5.74) is 7.36. The van der Waals surface area contributed by atoms with Crippen LogP contribution in [0.25, 0.3) is 0 Å². The minimum Gasteiger partial charge on any atom is -0.384 e. The third-order valence-electron chi connectivity index (χ3n) is 3.06. The zero-order chi connectivity index (χ0) is 14.4. The van der Waals surface area contributed by atoms with Gasteiger partial charge in [-0.2, -0.15) is 0 Å². The maximum atomic E-state index is 7.38. The van der Waals surface area contributed by atoms with Gasteiger partial charge in [-0.05, 0) is 36.4 Å². The van der Waals surface area contributed by atoms with Gasteiger partial charge >= 0.3 is 0 Å². The number of nitrogen functional groups attached to an aromatic ring is 1. The molecule has 0 aromatic heterocycles. The van der Waals surface area contributed by atoms with E-state index in [4.69, 9.17) is 11.1 Å². The molecule has 2 rings (SSSR count). The molecule has 0 fully saturated rings. The highest BCUT2D eigenvalue weighted by molar-refractivity contribution is 7.99. The van der Waals surface area contributed by atoms with Gasteiger partial charge in [0.1, 0.15) is 5.84 Å². The highest BCUT2D eigenvalue weighted by Crippen LogP contribution is 2.19. The van der Waals surface area contributed by atoms with Crippen LogP contribution in [0.3, 0.4) is 0 Å². The van der Waals surface area contributed by atoms with E-state index in [0.29, 0.717) is 0 Å². The summed E-state index contributed by atoms with van der Waals surface area (Å²) in [6, 6.07) is 18.2. The lowest BCUT2D eigenvalue weighted by Gasteiger charge is -2.19. The van der Waals surface area contributed by atoms with Gasteiger partial charge in [0.05, 0.1) is 0 Å². The molecule has 0 amide bonds. The summed E-state index contributed by atoms with van der Waals surface area (Å²) in [7, 11) is 2.08. The van der Waals surface area contributed by atoms with Crippen molar-refractivity contribution in [1.29, 1.82) is 5.41 Å². The minimum absolute atomic E-state index is 0.110. The van der Waals surface area contributed by atoms with E-state index >= 15 is 0 Å². The Kier molecular flexibility index (Phi) is 5.07. The Balaban J connectivity index is 1.85. The van der Waals surface area contributed by atoms with Gasteiger partial charge in [-0.3, -0.25) is 5.41 Å². The van der Waals surface area contributed by atoms with E-state index in [1.54, 1.807) is 0 Å². The van der Waals surface area contributed by atoms with Gasteiger partial charge in [0.25, 0.3) is 0 Å². The molecule has 0 aliphatic carbocycles. The molecule has 104 valence electrons. The first-order chi connectivity index (χ1) is 9.66. The second kappa shape index (κ2) is 7.01. The standard InChI is InChI=1S/C16H19N3S/c1-19(11-12-20-15-5-3-2-4-6-15)14-9-7-13(8-10-14)16(17)18/h2-10H,11-12H2,1H3,(H3,17,18). The van der Waals surface area contributed by atoms with E-state index in [1.165, 1.54) is 4.90 Å². The van der Waals surface area contributed by atoms with Crippen molar-refractivity contribution in [3.63, 3.8) is 0 Å². The van der Waals surface area contributed by atoms with Crippen LogP contribution in [0.5, 0.6) is 0 Å². The number of benzene rings is 2. The molecule has 0 saturated carbocycles. The summed E-state index contributed by atoms with van der Waals surface area (Å²) in [5.74, 6) is 1.15. The highest BCUT2D eigenvalue weighted by Gasteiger charge is 2.02. The molecule has 3 N–H and O–H groups in total. The van der Waals surface area contributed by atoms with Gasteiger partial charge in [-0.1, -0.05) is 18.2 Å². The second-order valence-corrected chi connectivity index (χ2v) is 5.71. The van der Waals surface area contributed by atoms with Crippen LogP contribution in [-0.2, 0) is 0 Å². The molecule has 0 unspecified atom stereocenters. The number of anilines is 1. The minimum atomic E-state index is 0.110. The number of hydrogen-bond acceptors (Lipinski definition) is 3. The fraction of sp³-hybridized carbons (Fsp3) is 0.188. The molecule has 2 aromatic rings. The van der Waals surface area contributed by atoms with Crippen molar-refractivity contribution < 1.29 is 0 Å². The van der Waals surface area contributed by atoms with Crippen molar-refractivity contribution in [3.8, 4) is 0 Å². The monoisotopic (exact) mass is 285 g/mol. The summed E-state index contributed by atoms with van der Waals surface area (Å²) >= 11 is 1.86. The number of nitrogens with two attached hydrogens (primary N) is 1. The van der Waals surface area contributed by atoms with Gasteiger partial charge in [0.15, 0.2) is 0 Å². The number of thioether (sulfide) groups is 1. The average Bonchev–Trinajstić information content (AvgIpc) is 2.48. The summed E-state index contributed by atoms with van der Waals surface area (Å²) in [6.45, 7) is 0.971. The molecule has 4 heteroatoms. The number of rotatable bonds is 6. The van der Waals surface area contributed by atoms with Crippen molar-refractivity contribution in [2.45, 2.75) is 4.90 Å². The van der Waals surface area contributed by atoms with Gasteiger partial charge in [-0.25, -0.2) is 0 Å². The highest BCUT2D eigenvalue weighted by atomic mass is 32.2. The Morgan fingerprint density at radius 1 is 1.10 bits per heavy atom. The molecule has 3 nitrogen and oxygen atoms in total. The first kappa shape index (κ1) is 14.5. The predicted molar refractivity (Wildman–Crippen MR) is 87.9 cm³/mol. The lowest BCUT2D eigenvalue weighted by atomic mass is 10.2. The zero-order valence-electron chi connectivity index (χ0n) is 11.5. The van der Waals surface area contributed by atoms with Gasteiger partial charge in [0.2, 0.25) is 0 Å². The van der Waals surface area contributed by atoms with Crippen molar-refractivity contribution in [2.24, 2.45) is 5.73 Å². The molecule has 2 aromatic carbocycles. The van der Waals surface area contributed by atoms with E-state index in [1.807, 2.05) is 42.1 Å². The van der Waals surface area contributed by atoms with E-state index < -0.39 is 0 Å². The topological polar surface area (TPSA) is 53.1 Å². The normalized spacial score (nSPS) is 10.2. The van der Waals surface area contributed by atoms with E-state index in [9.17, 15) is 0 Å². The van der Waals surface area contributed by atoms with E-state index in [0.717, 1.165) is 23.5 Å². The van der Waals surface area contributed by atoms with Crippen molar-refractivity contribution >= 4 is 23.3 Å². The Hall–Kier alpha value is -1.94. The van der Waals surface area contributed by atoms with Crippen LogP contribution in [-0.4, -0.2) is 25.2 Å². The van der Waals surface area contributed by atoms with Crippen LogP contribution in [0.2, 0.25) is 0 Å². The van der Waals surface area contributed by atoms with Gasteiger partial charge < -0.3 is 10.6 Å². The van der Waals surface area contributed by atoms with Crippen molar-refractivity contribution in [1.82, 2.24) is 0 Å². The van der Waals surface area contributed by atoms with E-state index in [-0.39, 0.29) is 5.84 Å². The number of nitrogens with one attached hydrogen (secondary N) is 1. The molecular formula is C16H19N3S. The Morgan fingerprint density at radius 2 is 1.75 bits per heavy atom. The van der Waals surface area contributed by atoms with Crippen molar-refractivity contribution in [2.75, 3.05) is 24.2 Å². The Labute approximate surface area is 124 Å². The Morgan fingerprint density at radius 3 is 2.35 bits per heavy atom. The van der Waals surface area contributed by atoms with E-state index in [2.05, 4.69) is 36.2 Å². The van der Waals surface area contributed by atoms with Gasteiger partial charge in [0, 0.05) is 35.5 Å². The maximum Gasteiger partial charge on any atom is 0.122 e. The first-order valence-corrected chi connectivity index (χ1v) is 7.49. The fourth-order valence-electron chi connectivity index (χ4n) is 1.84. The third kappa shape index (κ3) is 4.03. The molecule has 0 heterocycles. The SMILES string of the molecule is CN(CCSc1ccccc1)c1ccc(C(=N)N)cc1. The molecular weight excluding hydrogens is 266 g/mol. The summed E-state index contributed by atoms with van der Waals surface area (Å²) < 4.78 is 0. The van der Waals surface area contributed by atoms with Gasteiger partial charge in [-0.15, -0.1) is 11.8 Å². The lowest BCUT2D eigenvalue weighted by Crippen LogP contribution is -2.20. The summed E-state index contributed by atoms with van der Waals surface area (Å²) in [5, 5.41) is 7.38. The number of amidine groups is 1. The molecule has 0 saturated heterocycles. The van der Waals surface area contributed by atoms with Crippen LogP contribution in [0.4, 0.5) is 5.69 Å².